The average Bonchev–Trinajstić information content (AvgIpc) is 2.86. The fourth-order valence-electron chi connectivity index (χ4n) is 2.64. The molecule has 2 unspecified atom stereocenters. The van der Waals surface area contributed by atoms with Gasteiger partial charge in [-0.15, -0.1) is 0 Å². The number of piperidine rings is 1. The van der Waals surface area contributed by atoms with Crippen LogP contribution in [-0.4, -0.2) is 18.1 Å². The number of nitrogens with one attached hydrogen (secondary N) is 2. The Balaban J connectivity index is 1.86. The van der Waals surface area contributed by atoms with Crippen LogP contribution in [0.5, 0.6) is 0 Å². The third kappa shape index (κ3) is 2.07. The van der Waals surface area contributed by atoms with E-state index in [2.05, 4.69) is 10.3 Å². The van der Waals surface area contributed by atoms with Gasteiger partial charge in [0, 0.05) is 24.2 Å². The number of fused-ring (bicyclic) bond motifs is 1. The molecule has 1 aliphatic heterocycles. The van der Waals surface area contributed by atoms with Gasteiger partial charge in [0.2, 0.25) is 0 Å². The third-order valence-electron chi connectivity index (χ3n) is 3.64. The molecule has 0 aliphatic carbocycles. The summed E-state index contributed by atoms with van der Waals surface area (Å²) in [5, 5.41) is 4.36. The van der Waals surface area contributed by atoms with Gasteiger partial charge in [0.25, 0.3) is 0 Å². The molecular formula is C14H17FN2. The number of benzene rings is 1. The van der Waals surface area contributed by atoms with Crippen LogP contribution in [0.3, 0.4) is 0 Å². The minimum atomic E-state index is -0.845. The van der Waals surface area contributed by atoms with Gasteiger partial charge >= 0.3 is 0 Å². The number of hydrogen-bond donors (Lipinski definition) is 2. The van der Waals surface area contributed by atoms with Gasteiger partial charge in [0.15, 0.2) is 0 Å². The smallest absolute Gasteiger partial charge is 0.129 e. The summed E-state index contributed by atoms with van der Waals surface area (Å²) in [6.07, 6.45) is 3.11. The maximum atomic E-state index is 14.4. The Morgan fingerprint density at radius 1 is 1.29 bits per heavy atom. The molecule has 2 nitrogen and oxygen atoms in total. The van der Waals surface area contributed by atoms with Crippen LogP contribution >= 0.6 is 0 Å². The Hall–Kier alpha value is -1.35. The van der Waals surface area contributed by atoms with Gasteiger partial charge in [0.05, 0.1) is 0 Å². The molecule has 17 heavy (non-hydrogen) atoms. The Morgan fingerprint density at radius 2 is 2.24 bits per heavy atom. The van der Waals surface area contributed by atoms with Crippen molar-refractivity contribution < 1.29 is 4.39 Å². The maximum Gasteiger partial charge on any atom is 0.129 e. The average molecular weight is 232 g/mol. The zero-order chi connectivity index (χ0) is 11.7. The molecule has 2 N–H and O–H groups in total. The molecule has 1 aliphatic rings. The normalized spacial score (nSPS) is 22.8. The number of rotatable bonds is 2. The minimum Gasteiger partial charge on any atom is -0.361 e. The van der Waals surface area contributed by atoms with Gasteiger partial charge in [-0.3, -0.25) is 0 Å². The van der Waals surface area contributed by atoms with Crippen molar-refractivity contribution in [1.29, 1.82) is 0 Å². The SMILES string of the molecule is FC(c1ccc2[nH]ccc2c1)C1CCCNC1. The first-order valence-electron chi connectivity index (χ1n) is 6.26. The Bertz CT molecular complexity index is 500. The molecule has 2 heterocycles. The van der Waals surface area contributed by atoms with Crippen molar-refractivity contribution in [3.8, 4) is 0 Å². The summed E-state index contributed by atoms with van der Waals surface area (Å²) in [5.41, 5.74) is 1.88. The van der Waals surface area contributed by atoms with Gasteiger partial charge < -0.3 is 10.3 Å². The standard InChI is InChI=1S/C14H17FN2/c15-14(12-2-1-6-16-9-12)11-3-4-13-10(8-11)5-7-17-13/h3-5,7-8,12,14,16-17H,1-2,6,9H2. The maximum absolute atomic E-state index is 14.4. The predicted molar refractivity (Wildman–Crippen MR) is 67.7 cm³/mol. The van der Waals surface area contributed by atoms with Crippen LogP contribution in [0.2, 0.25) is 0 Å². The quantitative estimate of drug-likeness (QED) is 0.817. The number of alkyl halides is 1. The highest BCUT2D eigenvalue weighted by molar-refractivity contribution is 5.80. The molecule has 0 amide bonds. The first-order valence-corrected chi connectivity index (χ1v) is 6.26. The molecule has 2 aromatic rings. The first-order chi connectivity index (χ1) is 8.34. The molecule has 1 aromatic carbocycles. The van der Waals surface area contributed by atoms with Gasteiger partial charge in [-0.25, -0.2) is 4.39 Å². The summed E-state index contributed by atoms with van der Waals surface area (Å²) in [5.74, 6) is 0.125. The number of aromatic amines is 1. The van der Waals surface area contributed by atoms with Crippen molar-refractivity contribution in [2.24, 2.45) is 5.92 Å². The molecule has 0 bridgehead atoms. The van der Waals surface area contributed by atoms with Crippen molar-refractivity contribution >= 4 is 10.9 Å². The van der Waals surface area contributed by atoms with E-state index in [0.717, 1.165) is 42.4 Å². The highest BCUT2D eigenvalue weighted by atomic mass is 19.1. The van der Waals surface area contributed by atoms with E-state index in [-0.39, 0.29) is 5.92 Å². The molecule has 3 heteroatoms. The highest BCUT2D eigenvalue weighted by Crippen LogP contribution is 2.32. The van der Waals surface area contributed by atoms with E-state index < -0.39 is 6.17 Å². The summed E-state index contributed by atoms with van der Waals surface area (Å²) < 4.78 is 14.4. The number of hydrogen-bond acceptors (Lipinski definition) is 1. The summed E-state index contributed by atoms with van der Waals surface area (Å²) in [7, 11) is 0. The van der Waals surface area contributed by atoms with E-state index in [1.165, 1.54) is 0 Å². The summed E-state index contributed by atoms with van der Waals surface area (Å²) in [6, 6.07) is 7.82. The first kappa shape index (κ1) is 10.8. The van der Waals surface area contributed by atoms with Crippen molar-refractivity contribution in [2.45, 2.75) is 19.0 Å². The zero-order valence-electron chi connectivity index (χ0n) is 9.75. The second-order valence-corrected chi connectivity index (χ2v) is 4.83. The van der Waals surface area contributed by atoms with E-state index in [0.29, 0.717) is 0 Å². The number of H-pyrrole nitrogens is 1. The molecule has 2 atom stereocenters. The van der Waals surface area contributed by atoms with Crippen molar-refractivity contribution in [2.75, 3.05) is 13.1 Å². The third-order valence-corrected chi connectivity index (χ3v) is 3.64. The van der Waals surface area contributed by atoms with E-state index in [1.807, 2.05) is 30.5 Å². The Morgan fingerprint density at radius 3 is 3.06 bits per heavy atom. The highest BCUT2D eigenvalue weighted by Gasteiger charge is 2.24. The van der Waals surface area contributed by atoms with E-state index in [9.17, 15) is 4.39 Å². The van der Waals surface area contributed by atoms with Gasteiger partial charge in [-0.1, -0.05) is 6.07 Å². The van der Waals surface area contributed by atoms with Gasteiger partial charge in [0.1, 0.15) is 6.17 Å². The van der Waals surface area contributed by atoms with Crippen LogP contribution < -0.4 is 5.32 Å². The lowest BCUT2D eigenvalue weighted by molar-refractivity contribution is 0.195. The van der Waals surface area contributed by atoms with Crippen molar-refractivity contribution in [3.63, 3.8) is 0 Å². The number of halogens is 1. The fourth-order valence-corrected chi connectivity index (χ4v) is 2.64. The fraction of sp³-hybridized carbons (Fsp3) is 0.429. The lowest BCUT2D eigenvalue weighted by Crippen LogP contribution is -2.32. The van der Waals surface area contributed by atoms with Gasteiger partial charge in [-0.05, 0) is 48.5 Å². The zero-order valence-corrected chi connectivity index (χ0v) is 9.75. The molecule has 1 saturated heterocycles. The molecule has 1 aromatic heterocycles. The second kappa shape index (κ2) is 4.49. The largest absolute Gasteiger partial charge is 0.361 e. The van der Waals surface area contributed by atoms with Crippen molar-refractivity contribution in [3.05, 3.63) is 36.0 Å². The molecule has 0 spiro atoms. The topological polar surface area (TPSA) is 27.8 Å². The van der Waals surface area contributed by atoms with Crippen LogP contribution in [0.4, 0.5) is 4.39 Å². The second-order valence-electron chi connectivity index (χ2n) is 4.83. The minimum absolute atomic E-state index is 0.125. The Labute approximate surface area is 100 Å². The molecule has 0 radical (unpaired) electrons. The van der Waals surface area contributed by atoms with Crippen LogP contribution in [0.25, 0.3) is 10.9 Å². The van der Waals surface area contributed by atoms with E-state index in [1.54, 1.807) is 0 Å². The van der Waals surface area contributed by atoms with Crippen LogP contribution in [0, 0.1) is 5.92 Å². The molecule has 1 fully saturated rings. The summed E-state index contributed by atoms with van der Waals surface area (Å²) in [6.45, 7) is 1.83. The lowest BCUT2D eigenvalue weighted by Gasteiger charge is -2.26. The van der Waals surface area contributed by atoms with Gasteiger partial charge in [-0.2, -0.15) is 0 Å². The lowest BCUT2D eigenvalue weighted by atomic mass is 9.90. The summed E-state index contributed by atoms with van der Waals surface area (Å²) in [4.78, 5) is 3.13. The van der Waals surface area contributed by atoms with E-state index >= 15 is 0 Å². The predicted octanol–water partition coefficient (Wildman–Crippen LogP) is 3.18. The van der Waals surface area contributed by atoms with Crippen LogP contribution in [-0.2, 0) is 0 Å². The molecule has 3 rings (SSSR count). The summed E-state index contributed by atoms with van der Waals surface area (Å²) >= 11 is 0. The Kier molecular flexibility index (Phi) is 2.85. The van der Waals surface area contributed by atoms with Crippen LogP contribution in [0.15, 0.2) is 30.5 Å². The van der Waals surface area contributed by atoms with Crippen molar-refractivity contribution in [1.82, 2.24) is 10.3 Å². The molecule has 90 valence electrons. The molecular weight excluding hydrogens is 215 g/mol. The number of aromatic nitrogens is 1. The van der Waals surface area contributed by atoms with Crippen LogP contribution in [0.1, 0.15) is 24.6 Å². The monoisotopic (exact) mass is 232 g/mol. The van der Waals surface area contributed by atoms with E-state index in [4.69, 9.17) is 0 Å². The molecule has 0 saturated carbocycles.